The van der Waals surface area contributed by atoms with E-state index in [0.717, 1.165) is 17.0 Å². The van der Waals surface area contributed by atoms with Crippen molar-refractivity contribution in [2.75, 3.05) is 5.73 Å². The van der Waals surface area contributed by atoms with Crippen LogP contribution in [0.5, 0.6) is 0 Å². The maximum Gasteiger partial charge on any atom is 0.214 e. The molecule has 6 nitrogen and oxygen atoms in total. The SMILES string of the molecule is Cc1nc(Cn2c(N)nc3c(C#N)cccc32)oc1C. The summed E-state index contributed by atoms with van der Waals surface area (Å²) in [5.74, 6) is 1.71. The summed E-state index contributed by atoms with van der Waals surface area (Å²) >= 11 is 0. The molecule has 3 rings (SSSR count). The number of aryl methyl sites for hydroxylation is 2. The number of oxazole rings is 1. The standard InChI is InChI=1S/C14H13N5O/c1-8-9(2)20-12(17-8)7-19-11-5-3-4-10(6-15)13(11)18-14(19)16/h3-5H,7H2,1-2H3,(H2,16,18). The average molecular weight is 267 g/mol. The maximum absolute atomic E-state index is 9.09. The first kappa shape index (κ1) is 12.2. The summed E-state index contributed by atoms with van der Waals surface area (Å²) in [5.41, 5.74) is 8.72. The van der Waals surface area contributed by atoms with Gasteiger partial charge in [-0.3, -0.25) is 0 Å². The number of fused-ring (bicyclic) bond motifs is 1. The van der Waals surface area contributed by atoms with Gasteiger partial charge in [0.15, 0.2) is 0 Å². The zero-order valence-electron chi connectivity index (χ0n) is 11.2. The van der Waals surface area contributed by atoms with Crippen LogP contribution >= 0.6 is 0 Å². The molecule has 0 unspecified atom stereocenters. The number of benzene rings is 1. The first-order valence-corrected chi connectivity index (χ1v) is 6.18. The Bertz CT molecular complexity index is 818. The molecule has 2 heterocycles. The van der Waals surface area contributed by atoms with Gasteiger partial charge in [0.05, 0.1) is 16.8 Å². The van der Waals surface area contributed by atoms with Gasteiger partial charge < -0.3 is 14.7 Å². The van der Waals surface area contributed by atoms with Crippen LogP contribution in [0.4, 0.5) is 5.95 Å². The van der Waals surface area contributed by atoms with Gasteiger partial charge in [0.1, 0.15) is 23.9 Å². The minimum Gasteiger partial charge on any atom is -0.444 e. The van der Waals surface area contributed by atoms with Crippen LogP contribution in [0.3, 0.4) is 0 Å². The average Bonchev–Trinajstić information content (AvgIpc) is 2.91. The lowest BCUT2D eigenvalue weighted by Crippen LogP contribution is -2.04. The maximum atomic E-state index is 9.09. The highest BCUT2D eigenvalue weighted by molar-refractivity contribution is 5.84. The van der Waals surface area contributed by atoms with E-state index >= 15 is 0 Å². The van der Waals surface area contributed by atoms with Crippen molar-refractivity contribution in [1.82, 2.24) is 14.5 Å². The molecule has 0 fully saturated rings. The van der Waals surface area contributed by atoms with E-state index in [-0.39, 0.29) is 0 Å². The van der Waals surface area contributed by atoms with Crippen molar-refractivity contribution < 1.29 is 4.42 Å². The summed E-state index contributed by atoms with van der Waals surface area (Å²) < 4.78 is 7.36. The van der Waals surface area contributed by atoms with Crippen LogP contribution in [0, 0.1) is 25.2 Å². The molecular weight excluding hydrogens is 254 g/mol. The van der Waals surface area contributed by atoms with Gasteiger partial charge in [-0.25, -0.2) is 9.97 Å². The summed E-state index contributed by atoms with van der Waals surface area (Å²) in [7, 11) is 0. The molecule has 0 aliphatic rings. The third-order valence-corrected chi connectivity index (χ3v) is 3.30. The quantitative estimate of drug-likeness (QED) is 0.767. The number of imidazole rings is 1. The van der Waals surface area contributed by atoms with Crippen molar-refractivity contribution >= 4 is 17.0 Å². The fourth-order valence-electron chi connectivity index (χ4n) is 2.16. The Hall–Kier alpha value is -2.81. The van der Waals surface area contributed by atoms with E-state index in [9.17, 15) is 0 Å². The molecule has 1 aromatic carbocycles. The topological polar surface area (TPSA) is 93.7 Å². The number of hydrogen-bond donors (Lipinski definition) is 1. The summed E-state index contributed by atoms with van der Waals surface area (Å²) in [4.78, 5) is 8.60. The van der Waals surface area contributed by atoms with Gasteiger partial charge in [-0.15, -0.1) is 0 Å². The molecule has 0 aliphatic heterocycles. The highest BCUT2D eigenvalue weighted by Crippen LogP contribution is 2.22. The number of nitrogens with two attached hydrogens (primary N) is 1. The van der Waals surface area contributed by atoms with E-state index in [1.54, 1.807) is 10.6 Å². The van der Waals surface area contributed by atoms with Crippen molar-refractivity contribution in [3.05, 3.63) is 41.1 Å². The highest BCUT2D eigenvalue weighted by Gasteiger charge is 2.14. The Labute approximate surface area is 115 Å². The van der Waals surface area contributed by atoms with E-state index < -0.39 is 0 Å². The smallest absolute Gasteiger partial charge is 0.214 e. The molecule has 3 aromatic rings. The summed E-state index contributed by atoms with van der Waals surface area (Å²) in [6.07, 6.45) is 0. The Morgan fingerprint density at radius 2 is 2.15 bits per heavy atom. The lowest BCUT2D eigenvalue weighted by atomic mass is 10.2. The predicted octanol–water partition coefficient (Wildman–Crippen LogP) is 2.14. The lowest BCUT2D eigenvalue weighted by Gasteiger charge is -2.02. The number of rotatable bonds is 2. The molecule has 0 bridgehead atoms. The minimum absolute atomic E-state index is 0.344. The molecule has 0 saturated carbocycles. The third-order valence-electron chi connectivity index (χ3n) is 3.30. The van der Waals surface area contributed by atoms with Gasteiger partial charge in [-0.1, -0.05) is 6.07 Å². The van der Waals surface area contributed by atoms with Crippen LogP contribution in [0.2, 0.25) is 0 Å². The van der Waals surface area contributed by atoms with Gasteiger partial charge in [-0.05, 0) is 26.0 Å². The Kier molecular flexibility index (Phi) is 2.68. The summed E-state index contributed by atoms with van der Waals surface area (Å²) in [6.45, 7) is 4.16. The fourth-order valence-corrected chi connectivity index (χ4v) is 2.16. The fraction of sp³-hybridized carbons (Fsp3) is 0.214. The summed E-state index contributed by atoms with van der Waals surface area (Å²) in [6, 6.07) is 7.53. The van der Waals surface area contributed by atoms with E-state index in [4.69, 9.17) is 15.4 Å². The second-order valence-electron chi connectivity index (χ2n) is 4.59. The molecule has 20 heavy (non-hydrogen) atoms. The van der Waals surface area contributed by atoms with Crippen LogP contribution in [0.15, 0.2) is 22.6 Å². The van der Waals surface area contributed by atoms with E-state index in [0.29, 0.717) is 29.5 Å². The molecule has 0 radical (unpaired) electrons. The largest absolute Gasteiger partial charge is 0.444 e. The molecule has 0 saturated heterocycles. The Balaban J connectivity index is 2.12. The van der Waals surface area contributed by atoms with Crippen molar-refractivity contribution in [3.63, 3.8) is 0 Å². The van der Waals surface area contributed by atoms with Crippen molar-refractivity contribution in [3.8, 4) is 6.07 Å². The number of anilines is 1. The van der Waals surface area contributed by atoms with Gasteiger partial charge in [-0.2, -0.15) is 5.26 Å². The lowest BCUT2D eigenvalue weighted by molar-refractivity contribution is 0.460. The van der Waals surface area contributed by atoms with E-state index in [2.05, 4.69) is 16.0 Å². The molecule has 2 N–H and O–H groups in total. The normalized spacial score (nSPS) is 10.8. The van der Waals surface area contributed by atoms with Gasteiger partial charge >= 0.3 is 0 Å². The van der Waals surface area contributed by atoms with Crippen LogP contribution in [0.1, 0.15) is 22.9 Å². The monoisotopic (exact) mass is 267 g/mol. The number of aromatic nitrogens is 3. The Morgan fingerprint density at radius 1 is 1.35 bits per heavy atom. The second-order valence-corrected chi connectivity index (χ2v) is 4.59. The Morgan fingerprint density at radius 3 is 2.80 bits per heavy atom. The number of nitrogen functional groups attached to an aromatic ring is 1. The molecule has 100 valence electrons. The second kappa shape index (κ2) is 4.38. The molecule has 0 aliphatic carbocycles. The predicted molar refractivity (Wildman–Crippen MR) is 73.9 cm³/mol. The van der Waals surface area contributed by atoms with Crippen LogP contribution < -0.4 is 5.73 Å². The van der Waals surface area contributed by atoms with E-state index in [1.165, 1.54) is 0 Å². The minimum atomic E-state index is 0.344. The van der Waals surface area contributed by atoms with E-state index in [1.807, 2.05) is 26.0 Å². The zero-order chi connectivity index (χ0) is 14.3. The zero-order valence-corrected chi connectivity index (χ0v) is 11.2. The van der Waals surface area contributed by atoms with Gasteiger partial charge in [0.2, 0.25) is 11.8 Å². The molecular formula is C14H13N5O. The van der Waals surface area contributed by atoms with Crippen molar-refractivity contribution in [1.29, 1.82) is 5.26 Å². The third kappa shape index (κ3) is 1.80. The number of hydrogen-bond acceptors (Lipinski definition) is 5. The molecule has 0 spiro atoms. The van der Waals surface area contributed by atoms with Crippen molar-refractivity contribution in [2.45, 2.75) is 20.4 Å². The van der Waals surface area contributed by atoms with Gasteiger partial charge in [0, 0.05) is 0 Å². The highest BCUT2D eigenvalue weighted by atomic mass is 16.4. The van der Waals surface area contributed by atoms with Crippen LogP contribution in [-0.2, 0) is 6.54 Å². The van der Waals surface area contributed by atoms with Crippen molar-refractivity contribution in [2.24, 2.45) is 0 Å². The molecule has 0 amide bonds. The number of para-hydroxylation sites is 1. The molecule has 0 atom stereocenters. The first-order valence-electron chi connectivity index (χ1n) is 6.18. The first-order chi connectivity index (χ1) is 9.60. The summed E-state index contributed by atoms with van der Waals surface area (Å²) in [5, 5.41) is 9.09. The van der Waals surface area contributed by atoms with Gasteiger partial charge in [0.25, 0.3) is 0 Å². The number of nitriles is 1. The number of nitrogens with zero attached hydrogens (tertiary/aromatic N) is 4. The van der Waals surface area contributed by atoms with Crippen LogP contribution in [0.25, 0.3) is 11.0 Å². The van der Waals surface area contributed by atoms with Crippen LogP contribution in [-0.4, -0.2) is 14.5 Å². The molecule has 2 aromatic heterocycles. The molecule has 6 heteroatoms.